The SMILES string of the molecule is CCC1CN(C(=O)c2ccc(S(N)(=O)=O)c(C)c2)C1. The van der Waals surface area contributed by atoms with Gasteiger partial charge in [0.05, 0.1) is 4.90 Å². The number of aryl methyl sites for hydroxylation is 1. The Balaban J connectivity index is 2.19. The molecular weight excluding hydrogens is 264 g/mol. The summed E-state index contributed by atoms with van der Waals surface area (Å²) in [5.74, 6) is 0.544. The van der Waals surface area contributed by atoms with Gasteiger partial charge in [-0.05, 0) is 43.0 Å². The Hall–Kier alpha value is -1.40. The van der Waals surface area contributed by atoms with E-state index in [1.54, 1.807) is 17.9 Å². The summed E-state index contributed by atoms with van der Waals surface area (Å²) in [6.45, 7) is 5.32. The van der Waals surface area contributed by atoms with Crippen LogP contribution in [0.5, 0.6) is 0 Å². The summed E-state index contributed by atoms with van der Waals surface area (Å²) in [5.41, 5.74) is 1.01. The highest BCUT2D eigenvalue weighted by molar-refractivity contribution is 7.89. The summed E-state index contributed by atoms with van der Waals surface area (Å²) in [7, 11) is -3.73. The van der Waals surface area contributed by atoms with Gasteiger partial charge in [0.2, 0.25) is 10.0 Å². The van der Waals surface area contributed by atoms with Crippen LogP contribution in [0.1, 0.15) is 29.3 Å². The van der Waals surface area contributed by atoms with Crippen LogP contribution in [-0.2, 0) is 10.0 Å². The zero-order valence-electron chi connectivity index (χ0n) is 11.1. The molecule has 0 aliphatic carbocycles. The van der Waals surface area contributed by atoms with Crippen LogP contribution in [0.25, 0.3) is 0 Å². The first-order chi connectivity index (χ1) is 8.82. The van der Waals surface area contributed by atoms with E-state index < -0.39 is 10.0 Å². The number of amides is 1. The molecule has 0 aromatic heterocycles. The number of hydrogen-bond donors (Lipinski definition) is 1. The monoisotopic (exact) mass is 282 g/mol. The molecule has 0 saturated carbocycles. The van der Waals surface area contributed by atoms with E-state index in [1.807, 2.05) is 0 Å². The lowest BCUT2D eigenvalue weighted by Crippen LogP contribution is -2.49. The summed E-state index contributed by atoms with van der Waals surface area (Å²) in [6.07, 6.45) is 1.08. The molecule has 1 aliphatic rings. The van der Waals surface area contributed by atoms with E-state index in [0.29, 0.717) is 17.0 Å². The van der Waals surface area contributed by atoms with Gasteiger partial charge in [0.15, 0.2) is 0 Å². The molecule has 0 bridgehead atoms. The maximum Gasteiger partial charge on any atom is 0.253 e. The van der Waals surface area contributed by atoms with Crippen molar-refractivity contribution >= 4 is 15.9 Å². The van der Waals surface area contributed by atoms with E-state index in [4.69, 9.17) is 5.14 Å². The van der Waals surface area contributed by atoms with E-state index in [-0.39, 0.29) is 10.8 Å². The zero-order valence-corrected chi connectivity index (χ0v) is 11.9. The highest BCUT2D eigenvalue weighted by atomic mass is 32.2. The molecule has 1 fully saturated rings. The fourth-order valence-electron chi connectivity index (χ4n) is 2.28. The molecule has 0 radical (unpaired) electrons. The number of rotatable bonds is 3. The van der Waals surface area contributed by atoms with E-state index >= 15 is 0 Å². The van der Waals surface area contributed by atoms with Crippen molar-refractivity contribution in [3.05, 3.63) is 29.3 Å². The molecular formula is C13H18N2O3S. The topological polar surface area (TPSA) is 80.5 Å². The van der Waals surface area contributed by atoms with Crippen LogP contribution in [-0.4, -0.2) is 32.3 Å². The number of likely N-dealkylation sites (tertiary alicyclic amines) is 1. The van der Waals surface area contributed by atoms with Crippen LogP contribution in [0.2, 0.25) is 0 Å². The minimum atomic E-state index is -3.73. The lowest BCUT2D eigenvalue weighted by atomic mass is 9.96. The molecule has 1 aromatic rings. The average molecular weight is 282 g/mol. The number of benzene rings is 1. The van der Waals surface area contributed by atoms with Gasteiger partial charge < -0.3 is 4.90 Å². The molecule has 5 nitrogen and oxygen atoms in total. The molecule has 2 N–H and O–H groups in total. The number of carbonyl (C=O) groups excluding carboxylic acids is 1. The number of nitrogens with zero attached hydrogens (tertiary/aromatic N) is 1. The van der Waals surface area contributed by atoms with Gasteiger partial charge in [-0.3, -0.25) is 4.79 Å². The zero-order chi connectivity index (χ0) is 14.2. The Kier molecular flexibility index (Phi) is 3.64. The normalized spacial score (nSPS) is 16.3. The highest BCUT2D eigenvalue weighted by Crippen LogP contribution is 2.22. The maximum atomic E-state index is 12.1. The minimum Gasteiger partial charge on any atom is -0.338 e. The van der Waals surface area contributed by atoms with E-state index in [0.717, 1.165) is 19.5 Å². The van der Waals surface area contributed by atoms with Gasteiger partial charge in [-0.1, -0.05) is 6.92 Å². The second-order valence-electron chi connectivity index (χ2n) is 5.01. The van der Waals surface area contributed by atoms with Crippen molar-refractivity contribution in [1.29, 1.82) is 0 Å². The standard InChI is InChI=1S/C13H18N2O3S/c1-3-10-7-15(8-10)13(16)11-4-5-12(9(2)6-11)19(14,17)18/h4-6,10H,3,7-8H2,1-2H3,(H2,14,17,18). The lowest BCUT2D eigenvalue weighted by Gasteiger charge is -2.39. The van der Waals surface area contributed by atoms with E-state index in [9.17, 15) is 13.2 Å². The van der Waals surface area contributed by atoms with E-state index in [2.05, 4.69) is 6.92 Å². The van der Waals surface area contributed by atoms with Crippen molar-refractivity contribution in [2.24, 2.45) is 11.1 Å². The van der Waals surface area contributed by atoms with Crippen LogP contribution >= 0.6 is 0 Å². The van der Waals surface area contributed by atoms with Gasteiger partial charge in [0.25, 0.3) is 5.91 Å². The third kappa shape index (κ3) is 2.79. The van der Waals surface area contributed by atoms with Crippen molar-refractivity contribution in [3.63, 3.8) is 0 Å². The molecule has 2 rings (SSSR count). The summed E-state index contributed by atoms with van der Waals surface area (Å²) in [6, 6.07) is 4.50. The molecule has 104 valence electrons. The van der Waals surface area contributed by atoms with Gasteiger partial charge >= 0.3 is 0 Å². The average Bonchev–Trinajstić information content (AvgIpc) is 2.25. The summed E-state index contributed by atoms with van der Waals surface area (Å²) in [5, 5.41) is 5.09. The number of nitrogens with two attached hydrogens (primary N) is 1. The Labute approximate surface area is 113 Å². The van der Waals surface area contributed by atoms with Crippen molar-refractivity contribution in [3.8, 4) is 0 Å². The largest absolute Gasteiger partial charge is 0.338 e. The molecule has 1 heterocycles. The quantitative estimate of drug-likeness (QED) is 0.902. The second kappa shape index (κ2) is 4.94. The van der Waals surface area contributed by atoms with Crippen LogP contribution in [0, 0.1) is 12.8 Å². The lowest BCUT2D eigenvalue weighted by molar-refractivity contribution is 0.0494. The Bertz CT molecular complexity index is 604. The molecule has 19 heavy (non-hydrogen) atoms. The molecule has 0 spiro atoms. The van der Waals surface area contributed by atoms with Crippen LogP contribution < -0.4 is 5.14 Å². The van der Waals surface area contributed by atoms with Gasteiger partial charge in [-0.15, -0.1) is 0 Å². The smallest absolute Gasteiger partial charge is 0.253 e. The Morgan fingerprint density at radius 1 is 1.42 bits per heavy atom. The first-order valence-corrected chi connectivity index (χ1v) is 7.80. The number of sulfonamides is 1. The van der Waals surface area contributed by atoms with E-state index in [1.165, 1.54) is 12.1 Å². The van der Waals surface area contributed by atoms with Gasteiger partial charge in [-0.25, -0.2) is 13.6 Å². The van der Waals surface area contributed by atoms with Crippen molar-refractivity contribution in [2.45, 2.75) is 25.2 Å². The fourth-order valence-corrected chi connectivity index (χ4v) is 3.04. The van der Waals surface area contributed by atoms with Gasteiger partial charge in [-0.2, -0.15) is 0 Å². The molecule has 0 unspecified atom stereocenters. The predicted molar refractivity (Wildman–Crippen MR) is 72.2 cm³/mol. The summed E-state index contributed by atoms with van der Waals surface area (Å²) < 4.78 is 22.6. The summed E-state index contributed by atoms with van der Waals surface area (Å²) >= 11 is 0. The molecule has 1 aromatic carbocycles. The van der Waals surface area contributed by atoms with Gasteiger partial charge in [0.1, 0.15) is 0 Å². The molecule has 6 heteroatoms. The first kappa shape index (κ1) is 14.0. The Morgan fingerprint density at radius 2 is 2.05 bits per heavy atom. The third-order valence-corrected chi connectivity index (χ3v) is 4.62. The van der Waals surface area contributed by atoms with Crippen LogP contribution in [0.15, 0.2) is 23.1 Å². The molecule has 1 aliphatic heterocycles. The molecule has 1 saturated heterocycles. The third-order valence-electron chi connectivity index (χ3n) is 3.55. The van der Waals surface area contributed by atoms with Crippen LogP contribution in [0.4, 0.5) is 0 Å². The molecule has 1 amide bonds. The maximum absolute atomic E-state index is 12.1. The molecule has 0 atom stereocenters. The Morgan fingerprint density at radius 3 is 2.53 bits per heavy atom. The minimum absolute atomic E-state index is 0.0474. The van der Waals surface area contributed by atoms with Crippen molar-refractivity contribution in [1.82, 2.24) is 4.90 Å². The highest BCUT2D eigenvalue weighted by Gasteiger charge is 2.30. The fraction of sp³-hybridized carbons (Fsp3) is 0.462. The van der Waals surface area contributed by atoms with Crippen molar-refractivity contribution in [2.75, 3.05) is 13.1 Å². The van der Waals surface area contributed by atoms with Crippen molar-refractivity contribution < 1.29 is 13.2 Å². The summed E-state index contributed by atoms with van der Waals surface area (Å²) in [4.78, 5) is 14.0. The second-order valence-corrected chi connectivity index (χ2v) is 6.54. The van der Waals surface area contributed by atoms with Gasteiger partial charge in [0, 0.05) is 18.7 Å². The first-order valence-electron chi connectivity index (χ1n) is 6.25. The predicted octanol–water partition coefficient (Wildman–Crippen LogP) is 1.12. The van der Waals surface area contributed by atoms with Crippen LogP contribution in [0.3, 0.4) is 0 Å². The number of carbonyl (C=O) groups is 1. The number of hydrogen-bond acceptors (Lipinski definition) is 3. The number of primary sulfonamides is 1.